The van der Waals surface area contributed by atoms with Crippen LogP contribution in [0.1, 0.15) is 20.3 Å². The van der Waals surface area contributed by atoms with E-state index in [2.05, 4.69) is 5.48 Å². The fourth-order valence-corrected chi connectivity index (χ4v) is 2.39. The van der Waals surface area contributed by atoms with Gasteiger partial charge in [-0.3, -0.25) is 14.4 Å². The average Bonchev–Trinajstić information content (AvgIpc) is 2.55. The Balaban J connectivity index is 2.63. The van der Waals surface area contributed by atoms with Crippen LogP contribution in [-0.2, 0) is 38.1 Å². The molecule has 4 unspecified atom stereocenters. The summed E-state index contributed by atoms with van der Waals surface area (Å²) in [6.07, 6.45) is 1.55. The highest BCUT2D eigenvalue weighted by atomic mass is 16.7. The lowest BCUT2D eigenvalue weighted by molar-refractivity contribution is -0.263. The summed E-state index contributed by atoms with van der Waals surface area (Å²) in [5, 5.41) is 0. The van der Waals surface area contributed by atoms with E-state index in [9.17, 15) is 9.59 Å². The number of methoxy groups -OCH3 is 1. The van der Waals surface area contributed by atoms with E-state index >= 15 is 0 Å². The second-order valence-corrected chi connectivity index (χ2v) is 5.31. The van der Waals surface area contributed by atoms with Gasteiger partial charge in [-0.05, 0) is 0 Å². The number of hydrogen-bond acceptors (Lipinski definition) is 9. The highest BCUT2D eigenvalue weighted by Gasteiger charge is 2.42. The highest BCUT2D eigenvalue weighted by Crippen LogP contribution is 2.26. The minimum Gasteiger partial charge on any atom is -0.463 e. The van der Waals surface area contributed by atoms with E-state index in [1.165, 1.54) is 21.0 Å². The molecule has 144 valence electrons. The van der Waals surface area contributed by atoms with E-state index in [0.717, 1.165) is 0 Å². The van der Waals surface area contributed by atoms with Gasteiger partial charge in [-0.15, -0.1) is 0 Å². The number of carbonyl (C=O) groups excluding carboxylic acids is 2. The molecule has 1 N–H and O–H groups in total. The molecule has 25 heavy (non-hydrogen) atoms. The molecule has 0 radical (unpaired) electrons. The summed E-state index contributed by atoms with van der Waals surface area (Å²) in [7, 11) is 3.15. The van der Waals surface area contributed by atoms with E-state index in [0.29, 0.717) is 19.6 Å². The summed E-state index contributed by atoms with van der Waals surface area (Å²) in [6, 6.07) is 0. The maximum Gasteiger partial charge on any atom is 0.302 e. The van der Waals surface area contributed by atoms with Crippen LogP contribution in [0.4, 0.5) is 0 Å². The van der Waals surface area contributed by atoms with Crippen LogP contribution in [0.5, 0.6) is 0 Å². The Kier molecular flexibility index (Phi) is 10.3. The van der Waals surface area contributed by atoms with Crippen molar-refractivity contribution >= 4 is 11.9 Å². The van der Waals surface area contributed by atoms with Crippen LogP contribution in [0.2, 0.25) is 0 Å². The first-order valence-corrected chi connectivity index (χ1v) is 8.01. The van der Waals surface area contributed by atoms with E-state index in [4.69, 9.17) is 28.5 Å². The number of carbonyl (C=O) groups is 2. The molecule has 1 rings (SSSR count). The van der Waals surface area contributed by atoms with Crippen LogP contribution in [0, 0.1) is 0 Å². The number of esters is 2. The number of hydrogen-bond donors (Lipinski definition) is 1. The molecule has 9 nitrogen and oxygen atoms in total. The molecule has 1 saturated heterocycles. The molecule has 0 amide bonds. The lowest BCUT2D eigenvalue weighted by Gasteiger charge is -2.39. The Morgan fingerprint density at radius 2 is 1.92 bits per heavy atom. The standard InChI is InChI=1S/C16H27NO8/c1-11(18)22-10-14-16(20-4)13(24-12(2)19)9-15(25-14)21-7-5-6-8-23-17-3/h5-6,13-17H,7-10H2,1-4H3/b6-5-. The van der Waals surface area contributed by atoms with Crippen LogP contribution in [0.3, 0.4) is 0 Å². The summed E-state index contributed by atoms with van der Waals surface area (Å²) in [4.78, 5) is 27.3. The largest absolute Gasteiger partial charge is 0.463 e. The zero-order chi connectivity index (χ0) is 18.7. The molecular weight excluding hydrogens is 334 g/mol. The molecule has 9 heteroatoms. The molecular formula is C16H27NO8. The number of ether oxygens (including phenoxy) is 5. The lowest BCUT2D eigenvalue weighted by Crippen LogP contribution is -2.53. The van der Waals surface area contributed by atoms with Crippen molar-refractivity contribution in [2.75, 3.05) is 34.0 Å². The number of rotatable bonds is 10. The van der Waals surface area contributed by atoms with Crippen molar-refractivity contribution in [2.24, 2.45) is 0 Å². The van der Waals surface area contributed by atoms with Crippen molar-refractivity contribution in [1.29, 1.82) is 0 Å². The van der Waals surface area contributed by atoms with Gasteiger partial charge in [0.15, 0.2) is 6.29 Å². The normalized spacial score (nSPS) is 26.6. The minimum absolute atomic E-state index is 0.0166. The van der Waals surface area contributed by atoms with E-state index in [1.807, 2.05) is 0 Å². The number of nitrogens with one attached hydrogen (secondary N) is 1. The summed E-state index contributed by atoms with van der Waals surface area (Å²) in [5.74, 6) is -0.860. The fraction of sp³-hybridized carbons (Fsp3) is 0.750. The van der Waals surface area contributed by atoms with Crippen LogP contribution in [-0.4, -0.2) is 70.5 Å². The monoisotopic (exact) mass is 361 g/mol. The lowest BCUT2D eigenvalue weighted by atomic mass is 10.0. The first kappa shape index (κ1) is 21.5. The van der Waals surface area contributed by atoms with Crippen molar-refractivity contribution in [1.82, 2.24) is 5.48 Å². The van der Waals surface area contributed by atoms with Crippen molar-refractivity contribution in [3.8, 4) is 0 Å². The predicted molar refractivity (Wildman–Crippen MR) is 86.4 cm³/mol. The van der Waals surface area contributed by atoms with E-state index in [1.54, 1.807) is 19.2 Å². The Morgan fingerprint density at radius 3 is 2.52 bits per heavy atom. The van der Waals surface area contributed by atoms with Crippen LogP contribution in [0.15, 0.2) is 12.2 Å². The molecule has 0 aromatic rings. The maximum absolute atomic E-state index is 11.3. The van der Waals surface area contributed by atoms with Gasteiger partial charge in [0.2, 0.25) is 0 Å². The Hall–Kier alpha value is -1.52. The molecule has 1 fully saturated rings. The van der Waals surface area contributed by atoms with Gasteiger partial charge in [0.1, 0.15) is 24.9 Å². The molecule has 4 atom stereocenters. The first-order chi connectivity index (χ1) is 12.0. The topological polar surface area (TPSA) is 102 Å². The maximum atomic E-state index is 11.3. The SMILES string of the molecule is CNOC/C=C\COC1CC(OC(C)=O)C(OC)C(COC(C)=O)O1. The molecule has 1 heterocycles. The van der Waals surface area contributed by atoms with Crippen molar-refractivity contribution < 1.29 is 38.1 Å². The molecule has 0 bridgehead atoms. The Labute approximate surface area is 147 Å². The van der Waals surface area contributed by atoms with Crippen LogP contribution >= 0.6 is 0 Å². The third kappa shape index (κ3) is 8.41. The van der Waals surface area contributed by atoms with Gasteiger partial charge >= 0.3 is 11.9 Å². The Bertz CT molecular complexity index is 442. The van der Waals surface area contributed by atoms with Gasteiger partial charge in [0, 0.05) is 34.4 Å². The molecule has 0 aliphatic carbocycles. The summed E-state index contributed by atoms with van der Waals surface area (Å²) >= 11 is 0. The zero-order valence-electron chi connectivity index (χ0n) is 15.1. The number of hydroxylamine groups is 1. The van der Waals surface area contributed by atoms with Crippen LogP contribution in [0.25, 0.3) is 0 Å². The van der Waals surface area contributed by atoms with Gasteiger partial charge in [-0.2, -0.15) is 0 Å². The molecule has 0 aromatic carbocycles. The Morgan fingerprint density at radius 1 is 1.20 bits per heavy atom. The zero-order valence-corrected chi connectivity index (χ0v) is 15.1. The third-order valence-electron chi connectivity index (χ3n) is 3.39. The van der Waals surface area contributed by atoms with Gasteiger partial charge in [-0.1, -0.05) is 12.2 Å². The van der Waals surface area contributed by atoms with Gasteiger partial charge < -0.3 is 23.7 Å². The highest BCUT2D eigenvalue weighted by molar-refractivity contribution is 5.66. The fourth-order valence-electron chi connectivity index (χ4n) is 2.39. The van der Waals surface area contributed by atoms with Gasteiger partial charge in [0.05, 0.1) is 13.2 Å². The average molecular weight is 361 g/mol. The first-order valence-electron chi connectivity index (χ1n) is 8.01. The molecule has 0 saturated carbocycles. The van der Waals surface area contributed by atoms with E-state index < -0.39 is 36.5 Å². The van der Waals surface area contributed by atoms with Crippen molar-refractivity contribution in [3.05, 3.63) is 12.2 Å². The van der Waals surface area contributed by atoms with Crippen molar-refractivity contribution in [3.63, 3.8) is 0 Å². The quantitative estimate of drug-likeness (QED) is 0.255. The second-order valence-electron chi connectivity index (χ2n) is 5.31. The van der Waals surface area contributed by atoms with E-state index in [-0.39, 0.29) is 6.61 Å². The second kappa shape index (κ2) is 11.9. The predicted octanol–water partition coefficient (Wildman–Crippen LogP) is 0.335. The summed E-state index contributed by atoms with van der Waals surface area (Å²) in [6.45, 7) is 3.31. The van der Waals surface area contributed by atoms with Gasteiger partial charge in [0.25, 0.3) is 0 Å². The van der Waals surface area contributed by atoms with Gasteiger partial charge in [-0.25, -0.2) is 5.48 Å². The molecule has 0 aromatic heterocycles. The van der Waals surface area contributed by atoms with Crippen LogP contribution < -0.4 is 5.48 Å². The smallest absolute Gasteiger partial charge is 0.302 e. The minimum atomic E-state index is -0.619. The molecule has 1 aliphatic rings. The third-order valence-corrected chi connectivity index (χ3v) is 3.39. The molecule has 1 aliphatic heterocycles. The molecule has 0 spiro atoms. The summed E-state index contributed by atoms with van der Waals surface area (Å²) < 4.78 is 27.1. The summed E-state index contributed by atoms with van der Waals surface area (Å²) in [5.41, 5.74) is 2.55. The van der Waals surface area contributed by atoms with Crippen molar-refractivity contribution in [2.45, 2.75) is 44.9 Å².